The zero-order valence-corrected chi connectivity index (χ0v) is 46.9. The van der Waals surface area contributed by atoms with Crippen molar-refractivity contribution in [3.05, 3.63) is 203 Å². The standard InChI is InChI=1S/C72H72N4O2/c1-44-62(46-24-17-15-18-25-46)66(63(47-26-19-16-20-27-47)45(2)65(44)72(12,13)14)75-43-74(57-30-21-22-31-58(57)75)50-28-23-29-51(41-50)77-52-32-33-54-60(42-52)76(61-40-48(36-37-73-61)69(3,4)5)59-35-34-53-55-38-49(70(6,7)8)39-56(71(9,10)11)67(55)78-68(53)64(54)59/h15-42H,43H2,1-14H3/i15D,16D,17D,18D,19D,20D,24D,25D,26D,27D,32D,33D,34D,35D. The third-order valence-corrected chi connectivity index (χ3v) is 15.2. The smallest absolute Gasteiger partial charge is 0.145 e. The molecule has 0 saturated heterocycles. The molecule has 0 bridgehead atoms. The summed E-state index contributed by atoms with van der Waals surface area (Å²) in [4.78, 5) is 8.78. The number of hydrogen-bond donors (Lipinski definition) is 0. The lowest BCUT2D eigenvalue weighted by Crippen LogP contribution is -2.26. The minimum absolute atomic E-state index is 0.0128. The maximum absolute atomic E-state index is 10.0. The van der Waals surface area contributed by atoms with E-state index in [-0.39, 0.29) is 86.6 Å². The highest BCUT2D eigenvalue weighted by Gasteiger charge is 2.36. The predicted molar refractivity (Wildman–Crippen MR) is 330 cm³/mol. The summed E-state index contributed by atoms with van der Waals surface area (Å²) < 4.78 is 146. The van der Waals surface area contributed by atoms with Crippen LogP contribution in [0.25, 0.3) is 71.8 Å². The molecule has 0 atom stereocenters. The molecule has 1 aliphatic rings. The van der Waals surface area contributed by atoms with Gasteiger partial charge in [-0.15, -0.1) is 0 Å². The van der Waals surface area contributed by atoms with Gasteiger partial charge in [-0.25, -0.2) is 4.98 Å². The van der Waals surface area contributed by atoms with Crippen LogP contribution in [0, 0.1) is 13.8 Å². The highest BCUT2D eigenvalue weighted by atomic mass is 16.5. The maximum atomic E-state index is 10.0. The summed E-state index contributed by atoms with van der Waals surface area (Å²) in [5.74, 6) is 0.719. The van der Waals surface area contributed by atoms with E-state index in [2.05, 4.69) is 74.4 Å². The molecule has 0 aliphatic carbocycles. The Labute approximate surface area is 480 Å². The summed E-state index contributed by atoms with van der Waals surface area (Å²) in [5, 5.41) is 1.86. The van der Waals surface area contributed by atoms with E-state index in [1.54, 1.807) is 35.0 Å². The van der Waals surface area contributed by atoms with Crippen LogP contribution in [-0.4, -0.2) is 16.2 Å². The molecule has 3 aromatic heterocycles. The second-order valence-electron chi connectivity index (χ2n) is 24.7. The monoisotopic (exact) mass is 1040 g/mol. The van der Waals surface area contributed by atoms with Gasteiger partial charge < -0.3 is 19.0 Å². The highest BCUT2D eigenvalue weighted by Crippen LogP contribution is 2.55. The molecule has 12 rings (SSSR count). The zero-order chi connectivity index (χ0) is 67.0. The fourth-order valence-corrected chi connectivity index (χ4v) is 11.6. The third kappa shape index (κ3) is 8.52. The maximum Gasteiger partial charge on any atom is 0.145 e. The van der Waals surface area contributed by atoms with Crippen LogP contribution >= 0.6 is 0 Å². The summed E-state index contributed by atoms with van der Waals surface area (Å²) in [7, 11) is 0. The molecular weight excluding hydrogens is 953 g/mol. The molecule has 392 valence electrons. The SMILES string of the molecule is [2H]c1c([2H])c([2H])c(-c2c(C)c(C(C)(C)C)c(C)c(-c3c([2H])c([2H])c([2H])c([2H])c3[2H])c2N2CN(c3cccc(Oc4cc5c(c([2H])c4[2H])c4c6oc7c(C(C)(C)C)cc(C(C)(C)C)cc7c6c([2H])c([2H])c4n5-c4cc(C(C)(C)C)ccn4)c3)c3ccccc32)c([2H])c1[2H]. The number of anilines is 4. The average Bonchev–Trinajstić information content (AvgIpc) is 1.45. The average molecular weight is 1040 g/mol. The molecule has 0 unspecified atom stereocenters. The number of pyridine rings is 1. The lowest BCUT2D eigenvalue weighted by atomic mass is 9.75. The van der Waals surface area contributed by atoms with Crippen LogP contribution in [0.3, 0.4) is 0 Å². The Morgan fingerprint density at radius 1 is 0.526 bits per heavy atom. The molecule has 6 heteroatoms. The van der Waals surface area contributed by atoms with Gasteiger partial charge in [0.15, 0.2) is 0 Å². The number of nitrogens with zero attached hydrogens (tertiary/aromatic N) is 4. The molecular formula is C72H72N4O2. The summed E-state index contributed by atoms with van der Waals surface area (Å²) in [6.45, 7) is 28.6. The van der Waals surface area contributed by atoms with Crippen molar-refractivity contribution in [3.8, 4) is 39.6 Å². The molecule has 6 nitrogen and oxygen atoms in total. The van der Waals surface area contributed by atoms with Crippen molar-refractivity contribution in [1.29, 1.82) is 0 Å². The summed E-state index contributed by atoms with van der Waals surface area (Å²) in [6.07, 6.45) is 1.71. The van der Waals surface area contributed by atoms with E-state index >= 15 is 0 Å². The van der Waals surface area contributed by atoms with Crippen molar-refractivity contribution in [2.45, 2.75) is 119 Å². The Morgan fingerprint density at radius 3 is 1.77 bits per heavy atom. The molecule has 4 heterocycles. The molecule has 8 aromatic carbocycles. The largest absolute Gasteiger partial charge is 0.457 e. The van der Waals surface area contributed by atoms with Gasteiger partial charge in [-0.05, 0) is 141 Å². The van der Waals surface area contributed by atoms with E-state index in [0.29, 0.717) is 77.8 Å². The molecule has 78 heavy (non-hydrogen) atoms. The molecule has 0 spiro atoms. The van der Waals surface area contributed by atoms with Crippen LogP contribution in [0.15, 0.2) is 174 Å². The van der Waals surface area contributed by atoms with Gasteiger partial charge in [0.2, 0.25) is 0 Å². The number of ether oxygens (including phenoxy) is 1. The Balaban J connectivity index is 1.08. The van der Waals surface area contributed by atoms with Crippen LogP contribution in [-0.2, 0) is 21.7 Å². The third-order valence-electron chi connectivity index (χ3n) is 15.2. The first-order valence-electron chi connectivity index (χ1n) is 33.6. The van der Waals surface area contributed by atoms with Gasteiger partial charge in [0.25, 0.3) is 0 Å². The second-order valence-corrected chi connectivity index (χ2v) is 24.7. The number of furan rings is 1. The molecule has 0 saturated carbocycles. The van der Waals surface area contributed by atoms with Crippen molar-refractivity contribution < 1.29 is 28.3 Å². The number of rotatable bonds is 7. The van der Waals surface area contributed by atoms with Crippen LogP contribution in [0.4, 0.5) is 22.7 Å². The lowest BCUT2D eigenvalue weighted by Gasteiger charge is -2.34. The van der Waals surface area contributed by atoms with Gasteiger partial charge in [-0.1, -0.05) is 168 Å². The number of para-hydroxylation sites is 2. The Bertz CT molecular complexity index is 4870. The van der Waals surface area contributed by atoms with Gasteiger partial charge in [0, 0.05) is 56.9 Å². The first-order chi connectivity index (χ1) is 42.9. The second kappa shape index (κ2) is 18.3. The van der Waals surface area contributed by atoms with E-state index < -0.39 is 71.3 Å². The zero-order valence-electron chi connectivity index (χ0n) is 60.9. The molecule has 0 fully saturated rings. The minimum atomic E-state index is -0.689. The quantitative estimate of drug-likeness (QED) is 0.159. The molecule has 11 aromatic rings. The summed E-state index contributed by atoms with van der Waals surface area (Å²) >= 11 is 0. The van der Waals surface area contributed by atoms with Gasteiger partial charge in [-0.2, -0.15) is 0 Å². The predicted octanol–water partition coefficient (Wildman–Crippen LogP) is 20.3. The van der Waals surface area contributed by atoms with Gasteiger partial charge in [0.05, 0.1) is 52.7 Å². The van der Waals surface area contributed by atoms with Crippen molar-refractivity contribution in [1.82, 2.24) is 9.55 Å². The van der Waals surface area contributed by atoms with Gasteiger partial charge >= 0.3 is 0 Å². The number of fused-ring (bicyclic) bond motifs is 8. The van der Waals surface area contributed by atoms with E-state index in [1.807, 2.05) is 86.9 Å². The topological polar surface area (TPSA) is 46.7 Å². The number of benzene rings is 8. The molecule has 0 radical (unpaired) electrons. The van der Waals surface area contributed by atoms with Crippen molar-refractivity contribution in [2.24, 2.45) is 0 Å². The Morgan fingerprint density at radius 2 is 1.15 bits per heavy atom. The van der Waals surface area contributed by atoms with Crippen LogP contribution < -0.4 is 14.5 Å². The fourth-order valence-electron chi connectivity index (χ4n) is 11.6. The first kappa shape index (κ1) is 36.9. The van der Waals surface area contributed by atoms with E-state index in [9.17, 15) is 11.0 Å². The van der Waals surface area contributed by atoms with Crippen LogP contribution in [0.2, 0.25) is 0 Å². The Kier molecular flexibility index (Phi) is 8.63. The minimum Gasteiger partial charge on any atom is -0.457 e. The van der Waals surface area contributed by atoms with E-state index in [1.165, 1.54) is 0 Å². The summed E-state index contributed by atoms with van der Waals surface area (Å²) in [6, 6.07) is 18.5. The van der Waals surface area contributed by atoms with E-state index in [4.69, 9.17) is 22.4 Å². The number of aromatic nitrogens is 2. The van der Waals surface area contributed by atoms with E-state index in [0.717, 1.165) is 16.7 Å². The van der Waals surface area contributed by atoms with Crippen molar-refractivity contribution >= 4 is 66.5 Å². The van der Waals surface area contributed by atoms with Gasteiger partial charge in [-0.3, -0.25) is 4.57 Å². The van der Waals surface area contributed by atoms with Crippen molar-refractivity contribution in [2.75, 3.05) is 16.5 Å². The molecule has 0 N–H and O–H groups in total. The van der Waals surface area contributed by atoms with Crippen LogP contribution in [0.1, 0.15) is 136 Å². The molecule has 0 amide bonds. The highest BCUT2D eigenvalue weighted by molar-refractivity contribution is 6.24. The Hall–Kier alpha value is -8.09. The number of hydrogen-bond acceptors (Lipinski definition) is 5. The van der Waals surface area contributed by atoms with Crippen molar-refractivity contribution in [3.63, 3.8) is 0 Å². The van der Waals surface area contributed by atoms with Crippen LogP contribution in [0.5, 0.6) is 11.5 Å². The fraction of sp³-hybridized carbons (Fsp3) is 0.264. The lowest BCUT2D eigenvalue weighted by molar-refractivity contribution is 0.483. The first-order valence-corrected chi connectivity index (χ1v) is 26.6. The van der Waals surface area contributed by atoms with Gasteiger partial charge in [0.1, 0.15) is 35.2 Å². The molecule has 1 aliphatic heterocycles. The summed E-state index contributed by atoms with van der Waals surface area (Å²) in [5.41, 5.74) is 7.02. The normalized spacial score (nSPS) is 15.9.